The minimum Gasteiger partial charge on any atom is -0.360 e. The zero-order valence-corrected chi connectivity index (χ0v) is 15.9. The molecule has 2 fully saturated rings. The first kappa shape index (κ1) is 18.2. The van der Waals surface area contributed by atoms with E-state index in [9.17, 15) is 0 Å². The average Bonchev–Trinajstić information content (AvgIpc) is 2.65. The molecule has 2 N–H and O–H groups in total. The van der Waals surface area contributed by atoms with Crippen LogP contribution >= 0.6 is 12.2 Å². The molecule has 0 spiro atoms. The van der Waals surface area contributed by atoms with Gasteiger partial charge in [0.25, 0.3) is 0 Å². The van der Waals surface area contributed by atoms with Crippen molar-refractivity contribution in [3.63, 3.8) is 0 Å². The summed E-state index contributed by atoms with van der Waals surface area (Å²) in [4.78, 5) is 3.94. The maximum atomic E-state index is 8.89. The summed E-state index contributed by atoms with van der Waals surface area (Å²) in [5.74, 6) is 0.731. The number of nitrogens with zero attached hydrogens (tertiary/aromatic N) is 2. The van der Waals surface area contributed by atoms with E-state index in [0.717, 1.165) is 49.3 Å². The third-order valence-electron chi connectivity index (χ3n) is 5.72. The molecule has 1 saturated carbocycles. The number of nitrogens with one attached hydrogen (secondary N) is 2. The first-order chi connectivity index (χ1) is 12.2. The molecule has 25 heavy (non-hydrogen) atoms. The topological polar surface area (TPSA) is 43.5 Å². The van der Waals surface area contributed by atoms with Crippen molar-refractivity contribution < 1.29 is 4.90 Å². The molecule has 0 radical (unpaired) electrons. The van der Waals surface area contributed by atoms with E-state index in [-0.39, 0.29) is 0 Å². The van der Waals surface area contributed by atoms with Gasteiger partial charge in [-0.25, -0.2) is 0 Å². The molecule has 1 aliphatic heterocycles. The van der Waals surface area contributed by atoms with E-state index in [1.807, 2.05) is 12.1 Å². The normalized spacial score (nSPS) is 24.6. The van der Waals surface area contributed by atoms with Crippen LogP contribution in [0.15, 0.2) is 24.3 Å². The van der Waals surface area contributed by atoms with Crippen LogP contribution in [0, 0.1) is 17.2 Å². The minimum absolute atomic E-state index is 0.560. The molecule has 0 bridgehead atoms. The van der Waals surface area contributed by atoms with Crippen molar-refractivity contribution in [2.45, 2.75) is 45.2 Å². The summed E-state index contributed by atoms with van der Waals surface area (Å²) in [7, 11) is 0. The molecule has 1 saturated heterocycles. The molecule has 1 heterocycles. The second kappa shape index (κ2) is 8.64. The van der Waals surface area contributed by atoms with E-state index >= 15 is 0 Å². The van der Waals surface area contributed by atoms with Crippen LogP contribution in [0.1, 0.15) is 43.7 Å². The van der Waals surface area contributed by atoms with Gasteiger partial charge >= 0.3 is 0 Å². The van der Waals surface area contributed by atoms with Gasteiger partial charge in [-0.3, -0.25) is 0 Å². The van der Waals surface area contributed by atoms with E-state index in [1.165, 1.54) is 31.2 Å². The van der Waals surface area contributed by atoms with Crippen LogP contribution in [0.2, 0.25) is 0 Å². The minimum atomic E-state index is 0.560. The monoisotopic (exact) mass is 357 g/mol. The van der Waals surface area contributed by atoms with Crippen LogP contribution in [0.4, 0.5) is 0 Å². The molecule has 0 unspecified atom stereocenters. The number of hydrogen-bond donors (Lipinski definition) is 2. The number of nitriles is 1. The lowest BCUT2D eigenvalue weighted by molar-refractivity contribution is -0.917. The summed E-state index contributed by atoms with van der Waals surface area (Å²) in [6.45, 7) is 7.65. The Hall–Kier alpha value is -1.64. The molecule has 3 rings (SSSR count). The molecular formula is C20H29N4S+. The summed E-state index contributed by atoms with van der Waals surface area (Å²) in [6.07, 6.45) is 5.27. The third kappa shape index (κ3) is 4.93. The fourth-order valence-electron chi connectivity index (χ4n) is 3.97. The highest BCUT2D eigenvalue weighted by Crippen LogP contribution is 2.23. The lowest BCUT2D eigenvalue weighted by Gasteiger charge is -2.37. The van der Waals surface area contributed by atoms with Crippen molar-refractivity contribution in [1.29, 1.82) is 5.26 Å². The van der Waals surface area contributed by atoms with Crippen molar-refractivity contribution in [3.05, 3.63) is 35.4 Å². The smallest absolute Gasteiger partial charge is 0.169 e. The Kier molecular flexibility index (Phi) is 6.28. The number of benzene rings is 1. The maximum absolute atomic E-state index is 8.89. The number of thiocarbonyl (C=S) groups is 1. The van der Waals surface area contributed by atoms with Gasteiger partial charge in [0.1, 0.15) is 6.54 Å². The van der Waals surface area contributed by atoms with Gasteiger partial charge in [-0.2, -0.15) is 5.26 Å². The van der Waals surface area contributed by atoms with Crippen LogP contribution in [0.25, 0.3) is 0 Å². The first-order valence-electron chi connectivity index (χ1n) is 9.54. The van der Waals surface area contributed by atoms with E-state index in [0.29, 0.717) is 6.04 Å². The number of piperazine rings is 1. The maximum Gasteiger partial charge on any atom is 0.169 e. The zero-order valence-electron chi connectivity index (χ0n) is 15.1. The molecule has 0 amide bonds. The average molecular weight is 358 g/mol. The Labute approximate surface area is 156 Å². The fraction of sp³-hybridized carbons (Fsp3) is 0.600. The van der Waals surface area contributed by atoms with E-state index in [2.05, 4.69) is 35.3 Å². The molecule has 1 aromatic carbocycles. The highest BCUT2D eigenvalue weighted by atomic mass is 32.1. The fourth-order valence-corrected chi connectivity index (χ4v) is 4.30. The van der Waals surface area contributed by atoms with Crippen molar-refractivity contribution in [2.75, 3.05) is 26.2 Å². The van der Waals surface area contributed by atoms with Crippen molar-refractivity contribution >= 4 is 17.3 Å². The Bertz CT molecular complexity index is 614. The van der Waals surface area contributed by atoms with E-state index in [1.54, 1.807) is 4.90 Å². The predicted molar refractivity (Wildman–Crippen MR) is 104 cm³/mol. The zero-order chi connectivity index (χ0) is 17.6. The lowest BCUT2D eigenvalue weighted by atomic mass is 9.86. The van der Waals surface area contributed by atoms with Crippen LogP contribution in [-0.2, 0) is 6.54 Å². The molecule has 4 nitrogen and oxygen atoms in total. The summed E-state index contributed by atoms with van der Waals surface area (Å²) in [5.41, 5.74) is 2.04. The summed E-state index contributed by atoms with van der Waals surface area (Å²) in [6, 6.07) is 10.7. The van der Waals surface area contributed by atoms with Crippen molar-refractivity contribution in [2.24, 2.45) is 5.92 Å². The summed E-state index contributed by atoms with van der Waals surface area (Å²) in [5, 5.41) is 13.5. The van der Waals surface area contributed by atoms with Crippen molar-refractivity contribution in [3.8, 4) is 6.07 Å². The molecule has 2 atom stereocenters. The number of hydrogen-bond acceptors (Lipinski definition) is 2. The highest BCUT2D eigenvalue weighted by molar-refractivity contribution is 7.80. The van der Waals surface area contributed by atoms with Crippen molar-refractivity contribution in [1.82, 2.24) is 10.2 Å². The molecule has 1 aromatic rings. The summed E-state index contributed by atoms with van der Waals surface area (Å²) < 4.78 is 0. The van der Waals surface area contributed by atoms with Gasteiger partial charge in [-0.15, -0.1) is 0 Å². The van der Waals surface area contributed by atoms with Crippen LogP contribution in [-0.4, -0.2) is 42.2 Å². The second-order valence-corrected chi connectivity index (χ2v) is 7.93. The standard InChI is InChI=1S/C20H28N4S/c1-16-4-2-3-5-19(16)22-20(25)24-12-10-23(11-13-24)15-18-8-6-17(14-21)7-9-18/h6-9,16,19H,2-5,10-13,15H2,1H3,(H,22,25)/p+1/t16-,19+/m1/s1. The Balaban J connectivity index is 1.44. The molecule has 134 valence electrons. The molecule has 1 aliphatic carbocycles. The van der Waals surface area contributed by atoms with Crippen LogP contribution in [0.5, 0.6) is 0 Å². The Morgan fingerprint density at radius 3 is 2.56 bits per heavy atom. The second-order valence-electron chi connectivity index (χ2n) is 7.54. The van der Waals surface area contributed by atoms with E-state index in [4.69, 9.17) is 17.5 Å². The molecule has 0 aromatic heterocycles. The molecular weight excluding hydrogens is 328 g/mol. The van der Waals surface area contributed by atoms with Gasteiger partial charge in [0.15, 0.2) is 5.11 Å². The lowest BCUT2D eigenvalue weighted by Crippen LogP contribution is -3.13. The summed E-state index contributed by atoms with van der Waals surface area (Å²) >= 11 is 5.68. The number of rotatable bonds is 3. The van der Waals surface area contributed by atoms with E-state index < -0.39 is 0 Å². The van der Waals surface area contributed by atoms with Crippen LogP contribution in [0.3, 0.4) is 0 Å². The highest BCUT2D eigenvalue weighted by Gasteiger charge is 2.26. The van der Waals surface area contributed by atoms with Gasteiger partial charge in [-0.05, 0) is 43.1 Å². The van der Waals surface area contributed by atoms with Gasteiger partial charge in [0, 0.05) is 11.6 Å². The largest absolute Gasteiger partial charge is 0.360 e. The molecule has 2 aliphatic rings. The molecule has 5 heteroatoms. The Morgan fingerprint density at radius 2 is 1.92 bits per heavy atom. The van der Waals surface area contributed by atoms with Gasteiger partial charge in [0.2, 0.25) is 0 Å². The van der Waals surface area contributed by atoms with Crippen LogP contribution < -0.4 is 10.2 Å². The number of quaternary nitrogens is 1. The van der Waals surface area contributed by atoms with Gasteiger partial charge in [-0.1, -0.05) is 31.9 Å². The predicted octanol–water partition coefficient (Wildman–Crippen LogP) is 1.71. The quantitative estimate of drug-likeness (QED) is 0.809. The van der Waals surface area contributed by atoms with Gasteiger partial charge in [0.05, 0.1) is 37.8 Å². The Morgan fingerprint density at radius 1 is 1.24 bits per heavy atom. The first-order valence-corrected chi connectivity index (χ1v) is 9.94. The van der Waals surface area contributed by atoms with Gasteiger partial charge < -0.3 is 15.1 Å². The SMILES string of the molecule is C[C@@H]1CCCC[C@@H]1NC(=S)N1CC[NH+](Cc2ccc(C#N)cc2)CC1. The third-order valence-corrected chi connectivity index (χ3v) is 6.09.